The Morgan fingerprint density at radius 3 is 2.92 bits per heavy atom. The van der Waals surface area contributed by atoms with Gasteiger partial charge in [-0.05, 0) is 50.5 Å². The first-order valence-corrected chi connectivity index (χ1v) is 9.62. The van der Waals surface area contributed by atoms with Crippen LogP contribution in [0.3, 0.4) is 0 Å². The zero-order chi connectivity index (χ0) is 16.9. The second-order valence-corrected chi connectivity index (χ2v) is 7.37. The molecular weight excluding hydrogens is 346 g/mol. The third-order valence-corrected chi connectivity index (χ3v) is 5.30. The molecule has 0 radical (unpaired) electrons. The predicted molar refractivity (Wildman–Crippen MR) is 95.9 cm³/mol. The van der Waals surface area contributed by atoms with Crippen LogP contribution in [0.2, 0.25) is 5.02 Å². The number of rotatable bonds is 5. The van der Waals surface area contributed by atoms with Crippen LogP contribution in [-0.2, 0) is 10.5 Å². The summed E-state index contributed by atoms with van der Waals surface area (Å²) in [6, 6.07) is 7.64. The van der Waals surface area contributed by atoms with Crippen molar-refractivity contribution in [3.05, 3.63) is 35.2 Å². The smallest absolute Gasteiger partial charge is 0.236 e. The largest absolute Gasteiger partial charge is 0.339 e. The minimum Gasteiger partial charge on any atom is -0.339 e. The van der Waals surface area contributed by atoms with Crippen LogP contribution >= 0.6 is 23.4 Å². The number of piperidine rings is 1. The molecule has 0 saturated carbocycles. The Labute approximate surface area is 150 Å². The molecule has 1 aliphatic rings. The predicted octanol–water partition coefficient (Wildman–Crippen LogP) is 4.02. The van der Waals surface area contributed by atoms with E-state index in [-0.39, 0.29) is 5.91 Å². The van der Waals surface area contributed by atoms with Crippen molar-refractivity contribution < 1.29 is 9.32 Å². The summed E-state index contributed by atoms with van der Waals surface area (Å²) < 4.78 is 5.26. The van der Waals surface area contributed by atoms with E-state index in [1.54, 1.807) is 12.1 Å². The van der Waals surface area contributed by atoms with E-state index in [1.807, 2.05) is 17.0 Å². The fourth-order valence-electron chi connectivity index (χ4n) is 2.81. The number of halogens is 1. The van der Waals surface area contributed by atoms with E-state index < -0.39 is 0 Å². The van der Waals surface area contributed by atoms with Crippen molar-refractivity contribution in [2.24, 2.45) is 0 Å². The second kappa shape index (κ2) is 8.03. The van der Waals surface area contributed by atoms with E-state index in [0.717, 1.165) is 24.9 Å². The maximum Gasteiger partial charge on any atom is 0.236 e. The first-order valence-electron chi connectivity index (χ1n) is 8.09. The molecule has 2 heterocycles. The maximum absolute atomic E-state index is 12.3. The third kappa shape index (κ3) is 4.30. The first kappa shape index (κ1) is 17.3. The van der Waals surface area contributed by atoms with Gasteiger partial charge < -0.3 is 9.42 Å². The summed E-state index contributed by atoms with van der Waals surface area (Å²) in [6.07, 6.45) is 3.42. The highest BCUT2D eigenvalue weighted by molar-refractivity contribution is 7.99. The first-order chi connectivity index (χ1) is 11.6. The molecule has 3 rings (SSSR count). The van der Waals surface area contributed by atoms with Crippen molar-refractivity contribution in [2.45, 2.75) is 38.0 Å². The highest BCUT2D eigenvalue weighted by Crippen LogP contribution is 2.21. The fourth-order valence-corrected chi connectivity index (χ4v) is 3.67. The topological polar surface area (TPSA) is 59.2 Å². The van der Waals surface area contributed by atoms with Crippen LogP contribution in [-0.4, -0.2) is 39.3 Å². The summed E-state index contributed by atoms with van der Waals surface area (Å²) in [5.41, 5.74) is 0.859. The fraction of sp³-hybridized carbons (Fsp3) is 0.471. The molecule has 5 nitrogen and oxygen atoms in total. The van der Waals surface area contributed by atoms with Crippen molar-refractivity contribution >= 4 is 29.3 Å². The van der Waals surface area contributed by atoms with Crippen LogP contribution in [0.25, 0.3) is 11.4 Å². The highest BCUT2D eigenvalue weighted by Gasteiger charge is 2.23. The molecule has 0 aliphatic carbocycles. The van der Waals surface area contributed by atoms with Gasteiger partial charge in [-0.2, -0.15) is 4.98 Å². The van der Waals surface area contributed by atoms with E-state index in [4.69, 9.17) is 16.1 Å². The van der Waals surface area contributed by atoms with Crippen molar-refractivity contribution in [3.8, 4) is 11.4 Å². The number of hydrogen-bond donors (Lipinski definition) is 0. The van der Waals surface area contributed by atoms with E-state index in [9.17, 15) is 4.79 Å². The lowest BCUT2D eigenvalue weighted by Gasteiger charge is -2.33. The summed E-state index contributed by atoms with van der Waals surface area (Å²) in [6.45, 7) is 3.00. The van der Waals surface area contributed by atoms with Gasteiger partial charge in [0.2, 0.25) is 17.6 Å². The Kier molecular flexibility index (Phi) is 5.79. The lowest BCUT2D eigenvalue weighted by molar-refractivity contribution is -0.131. The molecule has 128 valence electrons. The van der Waals surface area contributed by atoms with Crippen molar-refractivity contribution in [3.63, 3.8) is 0 Å². The molecule has 0 N–H and O–H groups in total. The van der Waals surface area contributed by atoms with Crippen LogP contribution in [0.4, 0.5) is 0 Å². The van der Waals surface area contributed by atoms with Gasteiger partial charge in [-0.15, -0.1) is 11.8 Å². The molecule has 24 heavy (non-hydrogen) atoms. The number of amides is 1. The van der Waals surface area contributed by atoms with Gasteiger partial charge >= 0.3 is 0 Å². The Balaban J connectivity index is 1.50. The number of nitrogens with zero attached hydrogens (tertiary/aromatic N) is 3. The molecule has 7 heteroatoms. The van der Waals surface area contributed by atoms with Gasteiger partial charge in [-0.1, -0.05) is 16.8 Å². The van der Waals surface area contributed by atoms with E-state index in [2.05, 4.69) is 17.1 Å². The number of aromatic nitrogens is 2. The monoisotopic (exact) mass is 365 g/mol. The average Bonchev–Trinajstić information content (AvgIpc) is 3.04. The Morgan fingerprint density at radius 1 is 1.38 bits per heavy atom. The number of carbonyl (C=O) groups excluding carboxylic acids is 1. The number of carbonyl (C=O) groups is 1. The lowest BCUT2D eigenvalue weighted by Crippen LogP contribution is -2.42. The lowest BCUT2D eigenvalue weighted by atomic mass is 10.0. The minimum atomic E-state index is 0.199. The molecule has 1 fully saturated rings. The van der Waals surface area contributed by atoms with Crippen molar-refractivity contribution in [1.29, 1.82) is 0 Å². The van der Waals surface area contributed by atoms with E-state index in [1.165, 1.54) is 18.2 Å². The highest BCUT2D eigenvalue weighted by atomic mass is 35.5. The summed E-state index contributed by atoms with van der Waals surface area (Å²) >= 11 is 7.39. The standard InChI is InChI=1S/C17H20ClN3O2S/c1-12-4-2-3-9-21(12)16(22)11-24-10-15-19-17(20-23-15)13-5-7-14(18)8-6-13/h5-8,12H,2-4,9-11H2,1H3/t12-/m1/s1. The molecule has 0 bridgehead atoms. The zero-order valence-electron chi connectivity index (χ0n) is 13.6. The molecule has 1 aromatic heterocycles. The third-order valence-electron chi connectivity index (χ3n) is 4.14. The molecule has 0 unspecified atom stereocenters. The minimum absolute atomic E-state index is 0.199. The molecule has 1 amide bonds. The summed E-state index contributed by atoms with van der Waals surface area (Å²) in [7, 11) is 0. The summed E-state index contributed by atoms with van der Waals surface area (Å²) in [4.78, 5) is 18.6. The molecule has 1 atom stereocenters. The summed E-state index contributed by atoms with van der Waals surface area (Å²) in [5, 5.41) is 4.65. The van der Waals surface area contributed by atoms with Gasteiger partial charge in [0.1, 0.15) is 0 Å². The Bertz CT molecular complexity index is 689. The molecule has 1 saturated heterocycles. The van der Waals surface area contributed by atoms with Crippen LogP contribution < -0.4 is 0 Å². The van der Waals surface area contributed by atoms with Gasteiger partial charge in [-0.3, -0.25) is 4.79 Å². The van der Waals surface area contributed by atoms with Crippen LogP contribution in [0.1, 0.15) is 32.1 Å². The molecule has 1 aliphatic heterocycles. The molecule has 1 aromatic carbocycles. The summed E-state index contributed by atoms with van der Waals surface area (Å²) in [5.74, 6) is 2.25. The molecule has 2 aromatic rings. The van der Waals surface area contributed by atoms with Gasteiger partial charge in [0.25, 0.3) is 0 Å². The number of thioether (sulfide) groups is 1. The van der Waals surface area contributed by atoms with Crippen LogP contribution in [0, 0.1) is 0 Å². The van der Waals surface area contributed by atoms with Crippen molar-refractivity contribution in [1.82, 2.24) is 15.0 Å². The SMILES string of the molecule is C[C@@H]1CCCCN1C(=O)CSCc1nc(-c2ccc(Cl)cc2)no1. The number of hydrogen-bond acceptors (Lipinski definition) is 5. The molecular formula is C17H20ClN3O2S. The Morgan fingerprint density at radius 2 is 2.17 bits per heavy atom. The molecule has 0 spiro atoms. The van der Waals surface area contributed by atoms with Gasteiger partial charge in [0.15, 0.2) is 0 Å². The second-order valence-electron chi connectivity index (χ2n) is 5.94. The van der Waals surface area contributed by atoms with Gasteiger partial charge in [0, 0.05) is 23.2 Å². The Hall–Kier alpha value is -1.53. The normalized spacial score (nSPS) is 17.9. The van der Waals surface area contributed by atoms with Crippen molar-refractivity contribution in [2.75, 3.05) is 12.3 Å². The number of likely N-dealkylation sites (tertiary alicyclic amines) is 1. The van der Waals surface area contributed by atoms with Crippen LogP contribution in [0.5, 0.6) is 0 Å². The zero-order valence-corrected chi connectivity index (χ0v) is 15.1. The average molecular weight is 366 g/mol. The van der Waals surface area contributed by atoms with E-state index in [0.29, 0.717) is 34.3 Å². The van der Waals surface area contributed by atoms with E-state index >= 15 is 0 Å². The maximum atomic E-state index is 12.3. The van der Waals surface area contributed by atoms with Crippen LogP contribution in [0.15, 0.2) is 28.8 Å². The quantitative estimate of drug-likeness (QED) is 0.800. The number of benzene rings is 1. The van der Waals surface area contributed by atoms with Gasteiger partial charge in [-0.25, -0.2) is 0 Å². The van der Waals surface area contributed by atoms with Gasteiger partial charge in [0.05, 0.1) is 11.5 Å².